The molecule has 4 nitrogen and oxygen atoms in total. The molecule has 1 rings (SSSR count). The van der Waals surface area contributed by atoms with Crippen molar-refractivity contribution in [1.29, 1.82) is 0 Å². The molecule has 9 heteroatoms. The highest BCUT2D eigenvalue weighted by molar-refractivity contribution is 7.89. The first kappa shape index (κ1) is 16.2. The zero-order valence-electron chi connectivity index (χ0n) is 9.91. The summed E-state index contributed by atoms with van der Waals surface area (Å²) < 4.78 is 62.2. The van der Waals surface area contributed by atoms with E-state index >= 15 is 0 Å². The van der Waals surface area contributed by atoms with Gasteiger partial charge < -0.3 is 5.73 Å². The van der Waals surface area contributed by atoms with E-state index in [-0.39, 0.29) is 17.1 Å². The van der Waals surface area contributed by atoms with Crippen molar-refractivity contribution in [2.45, 2.75) is 17.9 Å². The van der Waals surface area contributed by atoms with Crippen LogP contribution in [0.3, 0.4) is 0 Å². The predicted octanol–water partition coefficient (Wildman–Crippen LogP) is 1.82. The average molecular weight is 317 g/mol. The van der Waals surface area contributed by atoms with Gasteiger partial charge in [0.25, 0.3) is 6.43 Å². The summed E-state index contributed by atoms with van der Waals surface area (Å²) in [6, 6.07) is 1.75. The van der Waals surface area contributed by atoms with Crippen LogP contribution in [0.4, 0.5) is 13.2 Å². The van der Waals surface area contributed by atoms with Crippen molar-refractivity contribution in [1.82, 2.24) is 4.31 Å². The first-order valence-electron chi connectivity index (χ1n) is 5.12. The molecule has 0 aliphatic carbocycles. The number of hydrogen-bond donors (Lipinski definition) is 1. The van der Waals surface area contributed by atoms with Gasteiger partial charge in [0.1, 0.15) is 5.82 Å². The van der Waals surface area contributed by atoms with Crippen molar-refractivity contribution in [3.8, 4) is 0 Å². The van der Waals surface area contributed by atoms with Crippen molar-refractivity contribution in [3.05, 3.63) is 28.5 Å². The Morgan fingerprint density at radius 2 is 2.00 bits per heavy atom. The lowest BCUT2D eigenvalue weighted by atomic mass is 10.2. The quantitative estimate of drug-likeness (QED) is 0.901. The van der Waals surface area contributed by atoms with Crippen LogP contribution in [0.2, 0.25) is 5.02 Å². The molecule has 0 atom stereocenters. The Morgan fingerprint density at radius 1 is 1.42 bits per heavy atom. The zero-order chi connectivity index (χ0) is 14.8. The minimum Gasteiger partial charge on any atom is -0.326 e. The molecular weight excluding hydrogens is 305 g/mol. The summed E-state index contributed by atoms with van der Waals surface area (Å²) in [6.45, 7) is -1.15. The van der Waals surface area contributed by atoms with Gasteiger partial charge in [-0.2, -0.15) is 4.31 Å². The third-order valence-electron chi connectivity index (χ3n) is 2.40. The molecule has 19 heavy (non-hydrogen) atoms. The van der Waals surface area contributed by atoms with Crippen molar-refractivity contribution >= 4 is 21.6 Å². The lowest BCUT2D eigenvalue weighted by Gasteiger charge is -2.17. The molecule has 0 saturated carbocycles. The smallest absolute Gasteiger partial charge is 0.252 e. The fraction of sp³-hybridized carbons (Fsp3) is 0.400. The number of alkyl halides is 2. The summed E-state index contributed by atoms with van der Waals surface area (Å²) in [4.78, 5) is -0.460. The second-order valence-corrected chi connectivity index (χ2v) is 6.18. The molecule has 0 aliphatic rings. The molecule has 0 saturated heterocycles. The largest absolute Gasteiger partial charge is 0.326 e. The van der Waals surface area contributed by atoms with E-state index in [0.717, 1.165) is 13.1 Å². The predicted molar refractivity (Wildman–Crippen MR) is 65.1 cm³/mol. The van der Waals surface area contributed by atoms with Gasteiger partial charge in [0.2, 0.25) is 10.0 Å². The standard InChI is InChI=1S/C10H12ClF3N2O2S/c1-16(5-9(13)14)19(17,18)7-2-6(4-15)10(11)8(12)3-7/h2-3,9H,4-5,15H2,1H3. The Morgan fingerprint density at radius 3 is 2.47 bits per heavy atom. The molecule has 1 aromatic rings. The number of nitrogens with two attached hydrogens (primary N) is 1. The van der Waals surface area contributed by atoms with Crippen molar-refractivity contribution < 1.29 is 21.6 Å². The number of sulfonamides is 1. The number of benzene rings is 1. The van der Waals surface area contributed by atoms with E-state index in [9.17, 15) is 21.6 Å². The minimum absolute atomic E-state index is 0.0886. The van der Waals surface area contributed by atoms with Gasteiger partial charge in [-0.1, -0.05) is 11.6 Å². The summed E-state index contributed by atoms with van der Waals surface area (Å²) in [6.07, 6.45) is -2.83. The Bertz CT molecular complexity index is 566. The van der Waals surface area contributed by atoms with E-state index in [4.69, 9.17) is 17.3 Å². The van der Waals surface area contributed by atoms with Crippen LogP contribution in [-0.2, 0) is 16.6 Å². The average Bonchev–Trinajstić information content (AvgIpc) is 2.31. The Labute approximate surface area is 114 Å². The fourth-order valence-corrected chi connectivity index (χ4v) is 2.79. The van der Waals surface area contributed by atoms with Crippen molar-refractivity contribution in [3.63, 3.8) is 0 Å². The number of halogens is 4. The molecule has 1 aromatic carbocycles. The van der Waals surface area contributed by atoms with E-state index in [1.807, 2.05) is 0 Å². The first-order valence-corrected chi connectivity index (χ1v) is 6.94. The van der Waals surface area contributed by atoms with Gasteiger partial charge in [-0.05, 0) is 17.7 Å². The van der Waals surface area contributed by atoms with Crippen LogP contribution >= 0.6 is 11.6 Å². The van der Waals surface area contributed by atoms with E-state index in [0.29, 0.717) is 10.4 Å². The molecule has 0 heterocycles. The number of nitrogens with zero attached hydrogens (tertiary/aromatic N) is 1. The number of rotatable bonds is 5. The highest BCUT2D eigenvalue weighted by Crippen LogP contribution is 2.25. The SMILES string of the molecule is CN(CC(F)F)S(=O)(=O)c1cc(F)c(Cl)c(CN)c1. The van der Waals surface area contributed by atoms with Crippen molar-refractivity contribution in [2.24, 2.45) is 5.73 Å². The van der Waals surface area contributed by atoms with Gasteiger partial charge >= 0.3 is 0 Å². The first-order chi connectivity index (χ1) is 8.70. The lowest BCUT2D eigenvalue weighted by molar-refractivity contribution is 0.126. The lowest BCUT2D eigenvalue weighted by Crippen LogP contribution is -2.31. The van der Waals surface area contributed by atoms with Crippen LogP contribution in [0.15, 0.2) is 17.0 Å². The molecule has 0 amide bonds. The van der Waals surface area contributed by atoms with Gasteiger partial charge in [-0.25, -0.2) is 21.6 Å². The van der Waals surface area contributed by atoms with Crippen LogP contribution in [-0.4, -0.2) is 32.7 Å². The Kier molecular flexibility index (Phi) is 5.19. The summed E-state index contributed by atoms with van der Waals surface area (Å²) >= 11 is 5.60. The van der Waals surface area contributed by atoms with Gasteiger partial charge in [-0.3, -0.25) is 0 Å². The Hall–Kier alpha value is -0.830. The maximum atomic E-state index is 13.5. The molecule has 0 aliphatic heterocycles. The maximum Gasteiger partial charge on any atom is 0.252 e. The second-order valence-electron chi connectivity index (χ2n) is 3.76. The van der Waals surface area contributed by atoms with Gasteiger partial charge in [-0.15, -0.1) is 0 Å². The Balaban J connectivity index is 3.26. The maximum absolute atomic E-state index is 13.5. The molecule has 0 radical (unpaired) electrons. The monoisotopic (exact) mass is 316 g/mol. The highest BCUT2D eigenvalue weighted by Gasteiger charge is 2.25. The summed E-state index contributed by atoms with van der Waals surface area (Å²) in [5.74, 6) is -0.964. The van der Waals surface area contributed by atoms with Crippen molar-refractivity contribution in [2.75, 3.05) is 13.6 Å². The van der Waals surface area contributed by atoms with Crippen LogP contribution in [0, 0.1) is 5.82 Å². The topological polar surface area (TPSA) is 63.4 Å². The van der Waals surface area contributed by atoms with Crippen LogP contribution in [0.25, 0.3) is 0 Å². The van der Waals surface area contributed by atoms with Gasteiger partial charge in [0.15, 0.2) is 0 Å². The van der Waals surface area contributed by atoms with Crippen LogP contribution < -0.4 is 5.73 Å². The van der Waals surface area contributed by atoms with Gasteiger partial charge in [0.05, 0.1) is 16.5 Å². The zero-order valence-corrected chi connectivity index (χ0v) is 11.5. The summed E-state index contributed by atoms with van der Waals surface area (Å²) in [5, 5.41) is -0.280. The minimum atomic E-state index is -4.21. The van der Waals surface area contributed by atoms with E-state index in [1.54, 1.807) is 0 Å². The van der Waals surface area contributed by atoms with E-state index in [2.05, 4.69) is 0 Å². The molecular formula is C10H12ClF3N2O2S. The molecule has 108 valence electrons. The second kappa shape index (κ2) is 6.08. The fourth-order valence-electron chi connectivity index (χ4n) is 1.39. The van der Waals surface area contributed by atoms with E-state index in [1.165, 1.54) is 0 Å². The number of hydrogen-bond acceptors (Lipinski definition) is 3. The third-order valence-corrected chi connectivity index (χ3v) is 4.62. The van der Waals surface area contributed by atoms with Gasteiger partial charge in [0, 0.05) is 13.6 Å². The molecule has 0 spiro atoms. The third kappa shape index (κ3) is 3.59. The summed E-state index contributed by atoms with van der Waals surface area (Å²) in [5.41, 5.74) is 5.40. The molecule has 0 aromatic heterocycles. The molecule has 0 unspecified atom stereocenters. The van der Waals surface area contributed by atoms with E-state index < -0.39 is 33.7 Å². The normalized spacial score (nSPS) is 12.4. The molecule has 0 bridgehead atoms. The van der Waals surface area contributed by atoms with Crippen LogP contribution in [0.5, 0.6) is 0 Å². The van der Waals surface area contributed by atoms with Crippen LogP contribution in [0.1, 0.15) is 5.56 Å². The molecule has 2 N–H and O–H groups in total. The highest BCUT2D eigenvalue weighted by atomic mass is 35.5. The molecule has 0 fully saturated rings. The summed E-state index contributed by atoms with van der Waals surface area (Å²) in [7, 11) is -3.22.